The molecular weight excluding hydrogens is 442 g/mol. The van der Waals surface area contributed by atoms with Crippen molar-refractivity contribution in [2.45, 2.75) is 26.9 Å². The second-order valence-corrected chi connectivity index (χ2v) is 9.48. The molecule has 0 saturated carbocycles. The quantitative estimate of drug-likeness (QED) is 0.303. The van der Waals surface area contributed by atoms with Gasteiger partial charge in [-0.25, -0.2) is 9.36 Å². The minimum absolute atomic E-state index is 0.0250. The van der Waals surface area contributed by atoms with Gasteiger partial charge in [-0.05, 0) is 32.9 Å². The number of benzene rings is 1. The van der Waals surface area contributed by atoms with Crippen molar-refractivity contribution in [1.29, 1.82) is 0 Å². The summed E-state index contributed by atoms with van der Waals surface area (Å²) in [5, 5.41) is 19.1. The minimum atomic E-state index is -4.01. The molecule has 2 atom stereocenters. The number of phenols is 2. The highest BCUT2D eigenvalue weighted by Crippen LogP contribution is 2.51. The molecule has 1 aromatic rings. The van der Waals surface area contributed by atoms with E-state index in [1.54, 1.807) is 20.8 Å². The smallest absolute Gasteiger partial charge is 0.475 e. The number of hydrogen-bond donors (Lipinski definition) is 2. The van der Waals surface area contributed by atoms with Gasteiger partial charge in [0.2, 0.25) is 0 Å². The van der Waals surface area contributed by atoms with Gasteiger partial charge in [0, 0.05) is 12.7 Å². The van der Waals surface area contributed by atoms with Crippen LogP contribution in [0.25, 0.3) is 0 Å². The molecule has 172 valence electrons. The predicted octanol–water partition coefficient (Wildman–Crippen LogP) is 3.70. The average molecular weight is 470 g/mol. The molecule has 0 saturated heterocycles. The maximum Gasteiger partial charge on any atom is 0.475 e. The van der Waals surface area contributed by atoms with Crippen molar-refractivity contribution in [2.24, 2.45) is 0 Å². The molecule has 2 N–H and O–H groups in total. The van der Waals surface area contributed by atoms with Gasteiger partial charge in [-0.3, -0.25) is 18.1 Å². The Hall–Kier alpha value is -1.45. The molecule has 0 spiro atoms. The van der Waals surface area contributed by atoms with Gasteiger partial charge >= 0.3 is 21.4 Å². The molecule has 0 fully saturated rings. The van der Waals surface area contributed by atoms with Crippen molar-refractivity contribution in [2.75, 3.05) is 39.7 Å². The zero-order chi connectivity index (χ0) is 22.8. The Bertz CT molecular complexity index is 773. The summed E-state index contributed by atoms with van der Waals surface area (Å²) in [6.45, 7) is 5.35. The molecule has 0 heterocycles. The zero-order valence-corrected chi connectivity index (χ0v) is 19.1. The normalized spacial score (nSPS) is 14.8. The number of ether oxygens (including phenoxy) is 1. The number of phosphoric acid groups is 1. The lowest BCUT2D eigenvalue weighted by molar-refractivity contribution is 0.00121. The summed E-state index contributed by atoms with van der Waals surface area (Å²) >= 11 is 0. The average Bonchev–Trinajstić information content (AvgIpc) is 2.64. The van der Waals surface area contributed by atoms with E-state index in [9.17, 15) is 24.1 Å². The summed E-state index contributed by atoms with van der Waals surface area (Å²) in [5.41, 5.74) is -0.208. The lowest BCUT2D eigenvalue weighted by atomic mass is 10.2. The number of carbonyl (C=O) groups is 1. The van der Waals surface area contributed by atoms with E-state index in [1.165, 1.54) is 18.8 Å². The zero-order valence-electron chi connectivity index (χ0n) is 17.3. The fourth-order valence-corrected chi connectivity index (χ4v) is 4.43. The van der Waals surface area contributed by atoms with Gasteiger partial charge in [0.15, 0.2) is 0 Å². The van der Waals surface area contributed by atoms with Crippen molar-refractivity contribution in [1.82, 2.24) is 0 Å². The molecule has 0 aliphatic carbocycles. The summed E-state index contributed by atoms with van der Waals surface area (Å²) in [4.78, 5) is 12.2. The molecule has 0 radical (unpaired) electrons. The molecule has 13 heteroatoms. The first-order chi connectivity index (χ1) is 14.1. The molecule has 0 bridgehead atoms. The van der Waals surface area contributed by atoms with Gasteiger partial charge in [-0.15, -0.1) is 0 Å². The Morgan fingerprint density at radius 1 is 0.967 bits per heavy atom. The Kier molecular flexibility index (Phi) is 11.0. The monoisotopic (exact) mass is 470 g/mol. The number of phosphoric ester groups is 1. The first-order valence-corrected chi connectivity index (χ1v) is 12.6. The summed E-state index contributed by atoms with van der Waals surface area (Å²) < 4.78 is 55.6. The second-order valence-electron chi connectivity index (χ2n) is 5.79. The number of aromatic hydroxyl groups is 2. The third kappa shape index (κ3) is 9.14. The van der Waals surface area contributed by atoms with E-state index >= 15 is 0 Å². The van der Waals surface area contributed by atoms with Crippen LogP contribution in [0.15, 0.2) is 18.2 Å². The van der Waals surface area contributed by atoms with Crippen LogP contribution in [0.2, 0.25) is 0 Å². The van der Waals surface area contributed by atoms with Gasteiger partial charge in [-0.2, -0.15) is 0 Å². The number of carbonyl (C=O) groups excluding carboxylic acids is 1. The SMILES string of the molecule is CCOP(C)(=O)OCC(COC(=O)c1ccc(O)cc1O)OP(=O)(OCC)OCC. The third-order valence-electron chi connectivity index (χ3n) is 3.31. The van der Waals surface area contributed by atoms with E-state index in [-0.39, 0.29) is 31.1 Å². The maximum absolute atomic E-state index is 12.6. The number of esters is 1. The highest BCUT2D eigenvalue weighted by molar-refractivity contribution is 7.53. The van der Waals surface area contributed by atoms with Crippen LogP contribution in [0.4, 0.5) is 0 Å². The Morgan fingerprint density at radius 3 is 2.10 bits per heavy atom. The fourth-order valence-electron chi connectivity index (χ4n) is 2.14. The maximum atomic E-state index is 12.6. The summed E-state index contributed by atoms with van der Waals surface area (Å²) in [6.07, 6.45) is -1.19. The molecule has 1 rings (SSSR count). The molecular formula is C17H28O11P2. The van der Waals surface area contributed by atoms with E-state index in [2.05, 4.69) is 0 Å². The van der Waals surface area contributed by atoms with Crippen LogP contribution in [-0.4, -0.2) is 62.0 Å². The topological polar surface area (TPSA) is 147 Å². The lowest BCUT2D eigenvalue weighted by Crippen LogP contribution is -2.27. The lowest BCUT2D eigenvalue weighted by Gasteiger charge is -2.24. The van der Waals surface area contributed by atoms with Crippen molar-refractivity contribution < 1.29 is 51.5 Å². The Labute approximate surface area is 175 Å². The van der Waals surface area contributed by atoms with E-state index in [4.69, 9.17) is 27.4 Å². The van der Waals surface area contributed by atoms with Gasteiger partial charge in [0.25, 0.3) is 0 Å². The predicted molar refractivity (Wildman–Crippen MR) is 107 cm³/mol. The molecule has 0 amide bonds. The van der Waals surface area contributed by atoms with Crippen LogP contribution in [0.5, 0.6) is 11.5 Å². The van der Waals surface area contributed by atoms with Gasteiger partial charge in [-0.1, -0.05) is 0 Å². The van der Waals surface area contributed by atoms with E-state index in [0.717, 1.165) is 6.07 Å². The van der Waals surface area contributed by atoms with E-state index in [1.807, 2.05) is 0 Å². The van der Waals surface area contributed by atoms with Crippen LogP contribution in [-0.2, 0) is 36.5 Å². The van der Waals surface area contributed by atoms with Gasteiger partial charge in [0.05, 0.1) is 26.4 Å². The van der Waals surface area contributed by atoms with Crippen LogP contribution in [0.1, 0.15) is 31.1 Å². The van der Waals surface area contributed by atoms with Crippen LogP contribution < -0.4 is 0 Å². The number of phenolic OH excluding ortho intramolecular Hbond substituents is 2. The van der Waals surface area contributed by atoms with Crippen LogP contribution in [0, 0.1) is 0 Å². The van der Waals surface area contributed by atoms with Crippen LogP contribution in [0.3, 0.4) is 0 Å². The van der Waals surface area contributed by atoms with Crippen molar-refractivity contribution in [3.05, 3.63) is 23.8 Å². The molecule has 0 aliphatic rings. The molecule has 11 nitrogen and oxygen atoms in total. The molecule has 30 heavy (non-hydrogen) atoms. The van der Waals surface area contributed by atoms with Gasteiger partial charge < -0.3 is 24.0 Å². The fraction of sp³-hybridized carbons (Fsp3) is 0.588. The summed E-state index contributed by atoms with van der Waals surface area (Å²) in [5.74, 6) is -1.66. The van der Waals surface area contributed by atoms with Crippen LogP contribution >= 0.6 is 15.4 Å². The standard InChI is InChI=1S/C17H28O11P2/c1-5-24-29(4,21)27-12-14(28-30(22,25-6-2)26-7-3)11-23-17(20)15-9-8-13(18)10-16(15)19/h8-10,14,18-19H,5-7,11-12H2,1-4H3. The first-order valence-electron chi connectivity index (χ1n) is 9.19. The minimum Gasteiger partial charge on any atom is -0.508 e. The second kappa shape index (κ2) is 12.4. The summed E-state index contributed by atoms with van der Waals surface area (Å²) in [7, 11) is -7.43. The highest BCUT2D eigenvalue weighted by Gasteiger charge is 2.32. The number of rotatable bonds is 14. The van der Waals surface area contributed by atoms with E-state index < -0.39 is 46.5 Å². The molecule has 2 unspecified atom stereocenters. The Balaban J connectivity index is 2.91. The number of hydrogen-bond acceptors (Lipinski definition) is 11. The van der Waals surface area contributed by atoms with E-state index in [0.29, 0.717) is 0 Å². The third-order valence-corrected chi connectivity index (χ3v) is 6.36. The largest absolute Gasteiger partial charge is 0.508 e. The summed E-state index contributed by atoms with van der Waals surface area (Å²) in [6, 6.07) is 3.34. The van der Waals surface area contributed by atoms with Crippen molar-refractivity contribution >= 4 is 21.4 Å². The Morgan fingerprint density at radius 2 is 1.57 bits per heavy atom. The molecule has 0 aliphatic heterocycles. The molecule has 1 aromatic carbocycles. The van der Waals surface area contributed by atoms with Crippen molar-refractivity contribution in [3.8, 4) is 11.5 Å². The van der Waals surface area contributed by atoms with Crippen molar-refractivity contribution in [3.63, 3.8) is 0 Å². The van der Waals surface area contributed by atoms with Gasteiger partial charge in [0.1, 0.15) is 29.8 Å². The first kappa shape index (κ1) is 26.6. The molecule has 0 aromatic heterocycles. The highest BCUT2D eigenvalue weighted by atomic mass is 31.2.